The van der Waals surface area contributed by atoms with Crippen LogP contribution >= 0.6 is 11.6 Å². The maximum absolute atomic E-state index is 12.6. The van der Waals surface area contributed by atoms with Gasteiger partial charge in [0, 0.05) is 13.1 Å². The summed E-state index contributed by atoms with van der Waals surface area (Å²) in [5.41, 5.74) is 1.51. The number of piperidine rings is 1. The van der Waals surface area contributed by atoms with Crippen molar-refractivity contribution in [3.05, 3.63) is 53.6 Å². The minimum atomic E-state index is -3.71. The van der Waals surface area contributed by atoms with E-state index in [0.29, 0.717) is 5.69 Å². The molecule has 1 fully saturated rings. The van der Waals surface area contributed by atoms with Crippen LogP contribution in [0.15, 0.2) is 53.4 Å². The third-order valence-corrected chi connectivity index (χ3v) is 5.84. The smallest absolute Gasteiger partial charge is 0.263 e. The maximum Gasteiger partial charge on any atom is 0.263 e. The number of para-hydroxylation sites is 2. The second kappa shape index (κ2) is 6.81. The number of anilines is 2. The van der Waals surface area contributed by atoms with Gasteiger partial charge in [-0.05, 0) is 43.5 Å². The lowest BCUT2D eigenvalue weighted by atomic mass is 10.1. The van der Waals surface area contributed by atoms with Crippen molar-refractivity contribution in [1.82, 2.24) is 0 Å². The average molecular weight is 351 g/mol. The Hall–Kier alpha value is -1.72. The minimum Gasteiger partial charge on any atom is -0.370 e. The fourth-order valence-corrected chi connectivity index (χ4v) is 4.43. The van der Waals surface area contributed by atoms with E-state index in [0.717, 1.165) is 31.6 Å². The molecule has 0 unspecified atom stereocenters. The highest BCUT2D eigenvalue weighted by molar-refractivity contribution is 7.92. The van der Waals surface area contributed by atoms with E-state index in [1.54, 1.807) is 24.3 Å². The standard InChI is InChI=1S/C17H19ClN2O2S/c18-14-8-2-5-11-17(14)23(21,22)19-15-9-3-4-10-16(15)20-12-6-1-7-13-20/h2-5,8-11,19H,1,6-7,12-13H2. The van der Waals surface area contributed by atoms with Gasteiger partial charge in [-0.15, -0.1) is 0 Å². The number of rotatable bonds is 4. The first-order valence-corrected chi connectivity index (χ1v) is 9.55. The normalized spacial score (nSPS) is 15.4. The van der Waals surface area contributed by atoms with Gasteiger partial charge in [-0.1, -0.05) is 35.9 Å². The molecule has 0 aromatic heterocycles. The van der Waals surface area contributed by atoms with Crippen LogP contribution in [0, 0.1) is 0 Å². The Bertz CT molecular complexity index is 787. The van der Waals surface area contributed by atoms with Gasteiger partial charge in [0.05, 0.1) is 16.4 Å². The second-order valence-corrected chi connectivity index (χ2v) is 7.66. The van der Waals surface area contributed by atoms with E-state index in [4.69, 9.17) is 11.6 Å². The first kappa shape index (κ1) is 16.1. The van der Waals surface area contributed by atoms with Gasteiger partial charge >= 0.3 is 0 Å². The van der Waals surface area contributed by atoms with E-state index in [1.807, 2.05) is 18.2 Å². The van der Waals surface area contributed by atoms with Gasteiger partial charge < -0.3 is 4.90 Å². The number of benzene rings is 2. The number of nitrogens with one attached hydrogen (secondary N) is 1. The molecule has 0 saturated carbocycles. The van der Waals surface area contributed by atoms with Gasteiger partial charge in [0.2, 0.25) is 0 Å². The molecule has 122 valence electrons. The molecule has 23 heavy (non-hydrogen) atoms. The Morgan fingerprint density at radius 3 is 2.30 bits per heavy atom. The molecular weight excluding hydrogens is 332 g/mol. The second-order valence-electron chi connectivity index (χ2n) is 5.60. The molecule has 2 aromatic carbocycles. The SMILES string of the molecule is O=S(=O)(Nc1ccccc1N1CCCCC1)c1ccccc1Cl. The van der Waals surface area contributed by atoms with Crippen LogP contribution in [0.3, 0.4) is 0 Å². The van der Waals surface area contributed by atoms with Crippen molar-refractivity contribution >= 4 is 33.0 Å². The highest BCUT2D eigenvalue weighted by Crippen LogP contribution is 2.31. The van der Waals surface area contributed by atoms with Crippen LogP contribution in [-0.2, 0) is 10.0 Å². The van der Waals surface area contributed by atoms with E-state index in [1.165, 1.54) is 12.5 Å². The average Bonchev–Trinajstić information content (AvgIpc) is 2.56. The van der Waals surface area contributed by atoms with Crippen molar-refractivity contribution in [1.29, 1.82) is 0 Å². The molecule has 0 spiro atoms. The topological polar surface area (TPSA) is 49.4 Å². The molecule has 6 heteroatoms. The third-order valence-electron chi connectivity index (χ3n) is 3.97. The molecule has 0 radical (unpaired) electrons. The summed E-state index contributed by atoms with van der Waals surface area (Å²) in [5.74, 6) is 0. The highest BCUT2D eigenvalue weighted by Gasteiger charge is 2.21. The Morgan fingerprint density at radius 2 is 1.57 bits per heavy atom. The number of hydrogen-bond acceptors (Lipinski definition) is 3. The van der Waals surface area contributed by atoms with Gasteiger partial charge in [-0.2, -0.15) is 0 Å². The molecular formula is C17H19ClN2O2S. The van der Waals surface area contributed by atoms with Crippen molar-refractivity contribution in [2.24, 2.45) is 0 Å². The zero-order valence-electron chi connectivity index (χ0n) is 12.7. The van der Waals surface area contributed by atoms with E-state index in [2.05, 4.69) is 9.62 Å². The molecule has 0 atom stereocenters. The van der Waals surface area contributed by atoms with Crippen molar-refractivity contribution < 1.29 is 8.42 Å². The Balaban J connectivity index is 1.92. The van der Waals surface area contributed by atoms with Crippen LogP contribution in [0.2, 0.25) is 5.02 Å². The van der Waals surface area contributed by atoms with Crippen LogP contribution in [-0.4, -0.2) is 21.5 Å². The molecule has 0 aliphatic carbocycles. The van der Waals surface area contributed by atoms with E-state index in [9.17, 15) is 8.42 Å². The number of halogens is 1. The summed E-state index contributed by atoms with van der Waals surface area (Å²) in [6, 6.07) is 14.0. The summed E-state index contributed by atoms with van der Waals surface area (Å²) >= 11 is 6.03. The quantitative estimate of drug-likeness (QED) is 0.901. The van der Waals surface area contributed by atoms with Gasteiger partial charge in [-0.3, -0.25) is 4.72 Å². The summed E-state index contributed by atoms with van der Waals surface area (Å²) in [4.78, 5) is 2.32. The molecule has 1 heterocycles. The number of nitrogens with zero attached hydrogens (tertiary/aromatic N) is 1. The molecule has 2 aromatic rings. The predicted octanol–water partition coefficient (Wildman–Crippen LogP) is 4.13. The molecule has 1 saturated heterocycles. The molecule has 4 nitrogen and oxygen atoms in total. The van der Waals surface area contributed by atoms with E-state index in [-0.39, 0.29) is 9.92 Å². The van der Waals surface area contributed by atoms with Crippen LogP contribution < -0.4 is 9.62 Å². The summed E-state index contributed by atoms with van der Waals surface area (Å²) in [5, 5.41) is 0.218. The highest BCUT2D eigenvalue weighted by atomic mass is 35.5. The Morgan fingerprint density at radius 1 is 0.913 bits per heavy atom. The third kappa shape index (κ3) is 3.62. The van der Waals surface area contributed by atoms with Gasteiger partial charge in [0.1, 0.15) is 4.90 Å². The fourth-order valence-electron chi connectivity index (χ4n) is 2.83. The van der Waals surface area contributed by atoms with Crippen LogP contribution in [0.1, 0.15) is 19.3 Å². The first-order valence-electron chi connectivity index (χ1n) is 7.69. The largest absolute Gasteiger partial charge is 0.370 e. The molecule has 0 bridgehead atoms. The van der Waals surface area contributed by atoms with E-state index < -0.39 is 10.0 Å². The fraction of sp³-hybridized carbons (Fsp3) is 0.294. The van der Waals surface area contributed by atoms with Crippen molar-refractivity contribution in [3.63, 3.8) is 0 Å². The summed E-state index contributed by atoms with van der Waals surface area (Å²) in [7, 11) is -3.71. The van der Waals surface area contributed by atoms with E-state index >= 15 is 0 Å². The maximum atomic E-state index is 12.6. The molecule has 0 amide bonds. The van der Waals surface area contributed by atoms with Crippen LogP contribution in [0.5, 0.6) is 0 Å². The van der Waals surface area contributed by atoms with Crippen LogP contribution in [0.4, 0.5) is 11.4 Å². The lowest BCUT2D eigenvalue weighted by Crippen LogP contribution is -2.30. The zero-order valence-corrected chi connectivity index (χ0v) is 14.3. The first-order chi connectivity index (χ1) is 11.1. The molecule has 3 rings (SSSR count). The molecule has 1 N–H and O–H groups in total. The molecule has 1 aliphatic heterocycles. The summed E-state index contributed by atoms with van der Waals surface area (Å²) < 4.78 is 28.0. The van der Waals surface area contributed by atoms with Gasteiger partial charge in [0.25, 0.3) is 10.0 Å². The van der Waals surface area contributed by atoms with Gasteiger partial charge in [-0.25, -0.2) is 8.42 Å². The Kier molecular flexibility index (Phi) is 4.78. The zero-order chi connectivity index (χ0) is 16.3. The predicted molar refractivity (Wildman–Crippen MR) is 94.8 cm³/mol. The number of sulfonamides is 1. The minimum absolute atomic E-state index is 0.0927. The van der Waals surface area contributed by atoms with Crippen molar-refractivity contribution in [2.75, 3.05) is 22.7 Å². The molecule has 1 aliphatic rings. The van der Waals surface area contributed by atoms with Crippen molar-refractivity contribution in [2.45, 2.75) is 24.2 Å². The Labute approximate surface area is 142 Å². The lowest BCUT2D eigenvalue weighted by molar-refractivity contribution is 0.578. The van der Waals surface area contributed by atoms with Gasteiger partial charge in [0.15, 0.2) is 0 Å². The van der Waals surface area contributed by atoms with Crippen molar-refractivity contribution in [3.8, 4) is 0 Å². The number of hydrogen-bond donors (Lipinski definition) is 1. The summed E-state index contributed by atoms with van der Waals surface area (Å²) in [6.45, 7) is 1.90. The van der Waals surface area contributed by atoms with Crippen LogP contribution in [0.25, 0.3) is 0 Å². The summed E-state index contributed by atoms with van der Waals surface area (Å²) in [6.07, 6.45) is 3.49. The monoisotopic (exact) mass is 350 g/mol. The lowest BCUT2D eigenvalue weighted by Gasteiger charge is -2.30.